The number of amides is 1. The molecule has 29 heavy (non-hydrogen) atoms. The number of nitrogens with one attached hydrogen (secondary N) is 1. The third-order valence-corrected chi connectivity index (χ3v) is 6.46. The lowest BCUT2D eigenvalue weighted by molar-refractivity contribution is -0.115. The van der Waals surface area contributed by atoms with Gasteiger partial charge in [0.1, 0.15) is 11.6 Å². The van der Waals surface area contributed by atoms with Crippen molar-refractivity contribution in [1.82, 2.24) is 9.78 Å². The molecule has 2 aromatic carbocycles. The third-order valence-electron chi connectivity index (χ3n) is 5.26. The van der Waals surface area contributed by atoms with E-state index in [0.717, 1.165) is 39.4 Å². The van der Waals surface area contributed by atoms with Crippen molar-refractivity contribution in [1.29, 1.82) is 0 Å². The molecule has 0 aliphatic carbocycles. The quantitative estimate of drug-likeness (QED) is 0.701. The van der Waals surface area contributed by atoms with Crippen LogP contribution in [-0.4, -0.2) is 27.0 Å². The Morgan fingerprint density at radius 3 is 2.66 bits per heavy atom. The highest BCUT2D eigenvalue weighted by Crippen LogP contribution is 2.32. The van der Waals surface area contributed by atoms with Gasteiger partial charge in [0, 0.05) is 16.4 Å². The number of hydrogen-bond donors (Lipinski definition) is 1. The van der Waals surface area contributed by atoms with Gasteiger partial charge in [0.25, 0.3) is 0 Å². The molecule has 3 aromatic rings. The van der Waals surface area contributed by atoms with E-state index < -0.39 is 10.8 Å². The van der Waals surface area contributed by atoms with E-state index in [4.69, 9.17) is 4.74 Å². The molecular formula is C22H23N3O3S. The third kappa shape index (κ3) is 3.82. The van der Waals surface area contributed by atoms with E-state index in [1.807, 2.05) is 56.3 Å². The van der Waals surface area contributed by atoms with Crippen LogP contribution in [0.5, 0.6) is 5.75 Å². The first-order chi connectivity index (χ1) is 14.0. The zero-order chi connectivity index (χ0) is 20.5. The summed E-state index contributed by atoms with van der Waals surface area (Å²) in [6.45, 7) is 4.09. The van der Waals surface area contributed by atoms with Crippen LogP contribution in [0.3, 0.4) is 0 Å². The summed E-state index contributed by atoms with van der Waals surface area (Å²) in [5.41, 5.74) is 5.72. The van der Waals surface area contributed by atoms with E-state index in [0.29, 0.717) is 17.3 Å². The van der Waals surface area contributed by atoms with E-state index in [9.17, 15) is 9.00 Å². The second kappa shape index (κ2) is 7.83. The van der Waals surface area contributed by atoms with Crippen LogP contribution < -0.4 is 10.1 Å². The average molecular weight is 410 g/mol. The van der Waals surface area contributed by atoms with Gasteiger partial charge in [-0.05, 0) is 48.7 Å². The molecular weight excluding hydrogens is 386 g/mol. The van der Waals surface area contributed by atoms with Gasteiger partial charge in [-0.1, -0.05) is 24.3 Å². The molecule has 2 heterocycles. The average Bonchev–Trinajstić information content (AvgIpc) is 3.21. The minimum absolute atomic E-state index is 0.137. The van der Waals surface area contributed by atoms with Crippen molar-refractivity contribution in [2.75, 3.05) is 12.4 Å². The topological polar surface area (TPSA) is 73.2 Å². The first-order valence-corrected chi connectivity index (χ1v) is 10.9. The SMILES string of the molecule is COc1ccc(CC(=O)Nc2c3c(nn2-c2cccc(C)c2C)C[S@](=O)C3)cc1. The van der Waals surface area contributed by atoms with Gasteiger partial charge in [-0.25, -0.2) is 4.68 Å². The van der Waals surface area contributed by atoms with Crippen molar-refractivity contribution in [3.8, 4) is 11.4 Å². The Labute approximate surface area is 172 Å². The predicted molar refractivity (Wildman–Crippen MR) is 114 cm³/mol. The number of benzene rings is 2. The van der Waals surface area contributed by atoms with Gasteiger partial charge in [-0.2, -0.15) is 5.10 Å². The van der Waals surface area contributed by atoms with Crippen molar-refractivity contribution >= 4 is 22.5 Å². The molecule has 1 N–H and O–H groups in total. The molecule has 1 aliphatic rings. The Kier molecular flexibility index (Phi) is 5.24. The number of rotatable bonds is 5. The maximum atomic E-state index is 12.8. The largest absolute Gasteiger partial charge is 0.497 e. The van der Waals surface area contributed by atoms with Crippen LogP contribution >= 0.6 is 0 Å². The molecule has 0 saturated heterocycles. The number of aryl methyl sites for hydroxylation is 1. The van der Waals surface area contributed by atoms with Crippen LogP contribution in [-0.2, 0) is 33.5 Å². The highest BCUT2D eigenvalue weighted by atomic mass is 32.2. The lowest BCUT2D eigenvalue weighted by atomic mass is 10.1. The Hall–Kier alpha value is -2.93. The number of anilines is 1. The molecule has 0 spiro atoms. The van der Waals surface area contributed by atoms with Crippen LogP contribution in [0, 0.1) is 13.8 Å². The van der Waals surface area contributed by atoms with Crippen LogP contribution in [0.2, 0.25) is 0 Å². The molecule has 7 heteroatoms. The van der Waals surface area contributed by atoms with Gasteiger partial charge in [-0.3, -0.25) is 9.00 Å². The summed E-state index contributed by atoms with van der Waals surface area (Å²) >= 11 is 0. The number of nitrogens with zero attached hydrogens (tertiary/aromatic N) is 2. The number of ether oxygens (including phenoxy) is 1. The van der Waals surface area contributed by atoms with Gasteiger partial charge in [0.15, 0.2) is 0 Å². The summed E-state index contributed by atoms with van der Waals surface area (Å²) in [6.07, 6.45) is 0.236. The molecule has 0 bridgehead atoms. The van der Waals surface area contributed by atoms with Crippen LogP contribution in [0.15, 0.2) is 42.5 Å². The summed E-state index contributed by atoms with van der Waals surface area (Å²) in [5.74, 6) is 2.08. The highest BCUT2D eigenvalue weighted by Gasteiger charge is 2.28. The summed E-state index contributed by atoms with van der Waals surface area (Å²) in [5, 5.41) is 7.72. The first-order valence-electron chi connectivity index (χ1n) is 9.41. The normalized spacial score (nSPS) is 15.2. The summed E-state index contributed by atoms with van der Waals surface area (Å²) in [6, 6.07) is 13.4. The maximum absolute atomic E-state index is 12.8. The summed E-state index contributed by atoms with van der Waals surface area (Å²) in [7, 11) is 0.641. The van der Waals surface area contributed by atoms with Gasteiger partial charge < -0.3 is 10.1 Å². The van der Waals surface area contributed by atoms with Crippen molar-refractivity contribution in [3.63, 3.8) is 0 Å². The fraction of sp³-hybridized carbons (Fsp3) is 0.273. The standard InChI is InChI=1S/C22H23N3O3S/c1-14-5-4-6-20(15(14)2)25-22(18-12-29(27)13-19(18)24-25)23-21(26)11-16-7-9-17(28-3)10-8-16/h4-10H,11-13H2,1-3H3,(H,23,26)/t29-/m1/s1. The van der Waals surface area contributed by atoms with Crippen molar-refractivity contribution in [2.24, 2.45) is 0 Å². The van der Waals surface area contributed by atoms with Gasteiger partial charge in [0.05, 0.1) is 36.4 Å². The predicted octanol–water partition coefficient (Wildman–Crippen LogP) is 3.44. The van der Waals surface area contributed by atoms with E-state index in [1.165, 1.54) is 0 Å². The van der Waals surface area contributed by atoms with Gasteiger partial charge in [-0.15, -0.1) is 0 Å². The number of fused-ring (bicyclic) bond motifs is 1. The van der Waals surface area contributed by atoms with Crippen LogP contribution in [0.4, 0.5) is 5.82 Å². The Bertz CT molecular complexity index is 1100. The van der Waals surface area contributed by atoms with E-state index in [1.54, 1.807) is 11.8 Å². The second-order valence-corrected chi connectivity index (χ2v) is 8.66. The molecule has 150 valence electrons. The maximum Gasteiger partial charge on any atom is 0.229 e. The number of aromatic nitrogens is 2. The van der Waals surface area contributed by atoms with E-state index >= 15 is 0 Å². The molecule has 6 nitrogen and oxygen atoms in total. The molecule has 1 amide bonds. The Morgan fingerprint density at radius 1 is 1.17 bits per heavy atom. The molecule has 0 saturated carbocycles. The monoisotopic (exact) mass is 409 g/mol. The molecule has 0 fully saturated rings. The molecule has 1 aliphatic heterocycles. The molecule has 1 aromatic heterocycles. The van der Waals surface area contributed by atoms with Gasteiger partial charge >= 0.3 is 0 Å². The first kappa shape index (κ1) is 19.4. The molecule has 0 radical (unpaired) electrons. The Balaban J connectivity index is 1.66. The Morgan fingerprint density at radius 2 is 1.93 bits per heavy atom. The molecule has 1 atom stereocenters. The minimum atomic E-state index is -0.970. The number of hydrogen-bond acceptors (Lipinski definition) is 4. The van der Waals surface area contributed by atoms with Crippen molar-refractivity contribution < 1.29 is 13.7 Å². The zero-order valence-corrected chi connectivity index (χ0v) is 17.5. The van der Waals surface area contributed by atoms with Gasteiger partial charge in [0.2, 0.25) is 5.91 Å². The summed E-state index contributed by atoms with van der Waals surface area (Å²) < 4.78 is 19.0. The molecule has 0 unspecified atom stereocenters. The fourth-order valence-corrected chi connectivity index (χ4v) is 4.76. The lowest BCUT2D eigenvalue weighted by Crippen LogP contribution is -2.18. The minimum Gasteiger partial charge on any atom is -0.497 e. The second-order valence-electron chi connectivity index (χ2n) is 7.21. The number of carbonyl (C=O) groups excluding carboxylic acids is 1. The zero-order valence-electron chi connectivity index (χ0n) is 16.7. The summed E-state index contributed by atoms with van der Waals surface area (Å²) in [4.78, 5) is 12.8. The van der Waals surface area contributed by atoms with Crippen LogP contribution in [0.1, 0.15) is 27.9 Å². The van der Waals surface area contributed by atoms with Crippen LogP contribution in [0.25, 0.3) is 5.69 Å². The number of methoxy groups -OCH3 is 1. The van der Waals surface area contributed by atoms with E-state index in [-0.39, 0.29) is 12.3 Å². The lowest BCUT2D eigenvalue weighted by Gasteiger charge is -2.14. The van der Waals surface area contributed by atoms with Crippen molar-refractivity contribution in [2.45, 2.75) is 31.8 Å². The highest BCUT2D eigenvalue weighted by molar-refractivity contribution is 7.83. The fourth-order valence-electron chi connectivity index (χ4n) is 3.50. The van der Waals surface area contributed by atoms with Crippen molar-refractivity contribution in [3.05, 3.63) is 70.4 Å². The van der Waals surface area contributed by atoms with E-state index in [2.05, 4.69) is 10.4 Å². The molecule has 4 rings (SSSR count). The number of carbonyl (C=O) groups is 1. The smallest absolute Gasteiger partial charge is 0.229 e.